The highest BCUT2D eigenvalue weighted by atomic mass is 16.1. The van der Waals surface area contributed by atoms with E-state index in [1.54, 1.807) is 6.92 Å². The third kappa shape index (κ3) is 0.757. The Morgan fingerprint density at radius 3 is 2.77 bits per heavy atom. The number of rotatable bonds is 1. The van der Waals surface area contributed by atoms with Crippen molar-refractivity contribution in [1.82, 2.24) is 0 Å². The lowest BCUT2D eigenvalue weighted by Gasteiger charge is -2.12. The molecule has 3 saturated carbocycles. The largest absolute Gasteiger partial charge is 0.300 e. The van der Waals surface area contributed by atoms with E-state index in [9.17, 15) is 4.79 Å². The number of hydrogen-bond donors (Lipinski definition) is 0. The molecule has 3 rings (SSSR count). The highest BCUT2D eigenvalue weighted by molar-refractivity contribution is 5.82. The Bertz CT molecular complexity index is 317. The van der Waals surface area contributed by atoms with Gasteiger partial charge in [0.05, 0.1) is 6.07 Å². The van der Waals surface area contributed by atoms with Gasteiger partial charge >= 0.3 is 0 Å². The lowest BCUT2D eigenvalue weighted by atomic mass is 9.90. The summed E-state index contributed by atoms with van der Waals surface area (Å²) in [6, 6.07) is 2.40. The maximum Gasteiger partial charge on any atom is 0.133 e. The Morgan fingerprint density at radius 2 is 2.15 bits per heavy atom. The lowest BCUT2D eigenvalue weighted by Crippen LogP contribution is -2.11. The van der Waals surface area contributed by atoms with Crippen molar-refractivity contribution < 1.29 is 4.79 Å². The Morgan fingerprint density at radius 1 is 1.38 bits per heavy atom. The van der Waals surface area contributed by atoms with Crippen molar-refractivity contribution >= 4 is 5.78 Å². The second-order valence-electron chi connectivity index (χ2n) is 4.92. The molecule has 2 unspecified atom stereocenters. The number of carbonyl (C=O) groups excluding carboxylic acids is 1. The summed E-state index contributed by atoms with van der Waals surface area (Å²) in [6.45, 7) is 1.71. The Labute approximate surface area is 77.9 Å². The van der Waals surface area contributed by atoms with E-state index in [4.69, 9.17) is 5.26 Å². The molecule has 0 heterocycles. The monoisotopic (exact) mass is 175 g/mol. The molecular formula is C11H13NO. The molecule has 3 fully saturated rings. The molecule has 13 heavy (non-hydrogen) atoms. The van der Waals surface area contributed by atoms with Crippen molar-refractivity contribution in [2.45, 2.75) is 19.8 Å². The van der Waals surface area contributed by atoms with Crippen molar-refractivity contribution in [3.8, 4) is 6.07 Å². The van der Waals surface area contributed by atoms with Gasteiger partial charge < -0.3 is 0 Å². The maximum absolute atomic E-state index is 11.3. The summed E-state index contributed by atoms with van der Waals surface area (Å²) >= 11 is 0. The van der Waals surface area contributed by atoms with Gasteiger partial charge in [-0.1, -0.05) is 0 Å². The molecule has 3 aliphatic rings. The van der Waals surface area contributed by atoms with Gasteiger partial charge in [0, 0.05) is 11.8 Å². The zero-order chi connectivity index (χ0) is 9.16. The fourth-order valence-corrected chi connectivity index (χ4v) is 4.06. The molecule has 0 aliphatic heterocycles. The van der Waals surface area contributed by atoms with Crippen LogP contribution in [0.2, 0.25) is 0 Å². The van der Waals surface area contributed by atoms with Crippen molar-refractivity contribution in [3.63, 3.8) is 0 Å². The van der Waals surface area contributed by atoms with Crippen LogP contribution in [0.15, 0.2) is 0 Å². The van der Waals surface area contributed by atoms with Crippen LogP contribution in [0.1, 0.15) is 19.8 Å². The standard InChI is InChI=1S/C11H13NO/c1-5(13)9-10-6-2-7(4-12)8(3-6)11(9)10/h6-11H,2-3H2,1H3/t6-,7+,8-,9+,10?,11?/m1/s1. The molecule has 0 radical (unpaired) electrons. The van der Waals surface area contributed by atoms with Crippen LogP contribution in [0, 0.1) is 46.8 Å². The Kier molecular flexibility index (Phi) is 1.25. The highest BCUT2D eigenvalue weighted by Gasteiger charge is 2.69. The van der Waals surface area contributed by atoms with Crippen molar-refractivity contribution in [2.24, 2.45) is 35.5 Å². The summed E-state index contributed by atoms with van der Waals surface area (Å²) in [5, 5.41) is 8.91. The first-order valence-corrected chi connectivity index (χ1v) is 5.14. The number of fused-ring (bicyclic) bond motifs is 5. The van der Waals surface area contributed by atoms with Crippen LogP contribution in [-0.2, 0) is 4.79 Å². The van der Waals surface area contributed by atoms with Gasteiger partial charge in [0.25, 0.3) is 0 Å². The predicted octanol–water partition coefficient (Wildman–Crippen LogP) is 1.62. The van der Waals surface area contributed by atoms with E-state index < -0.39 is 0 Å². The zero-order valence-electron chi connectivity index (χ0n) is 7.73. The van der Waals surface area contributed by atoms with Crippen LogP contribution in [0.3, 0.4) is 0 Å². The van der Waals surface area contributed by atoms with Gasteiger partial charge in [-0.25, -0.2) is 0 Å². The van der Waals surface area contributed by atoms with Gasteiger partial charge in [0.1, 0.15) is 5.78 Å². The van der Waals surface area contributed by atoms with Gasteiger partial charge in [-0.15, -0.1) is 0 Å². The van der Waals surface area contributed by atoms with Crippen LogP contribution < -0.4 is 0 Å². The van der Waals surface area contributed by atoms with Gasteiger partial charge in [-0.3, -0.25) is 4.79 Å². The second kappa shape index (κ2) is 2.15. The number of nitrogens with zero attached hydrogens (tertiary/aromatic N) is 1. The zero-order valence-corrected chi connectivity index (χ0v) is 7.73. The molecule has 0 amide bonds. The minimum atomic E-state index is 0.274. The maximum atomic E-state index is 11.3. The van der Waals surface area contributed by atoms with E-state index in [-0.39, 0.29) is 5.92 Å². The predicted molar refractivity (Wildman–Crippen MR) is 46.5 cm³/mol. The lowest BCUT2D eigenvalue weighted by molar-refractivity contribution is -0.119. The topological polar surface area (TPSA) is 40.9 Å². The van der Waals surface area contributed by atoms with E-state index in [0.717, 1.165) is 6.42 Å². The van der Waals surface area contributed by atoms with Gasteiger partial charge in [-0.05, 0) is 43.4 Å². The normalized spacial score (nSPS) is 55.7. The van der Waals surface area contributed by atoms with Gasteiger partial charge in [0.15, 0.2) is 0 Å². The third-order valence-corrected chi connectivity index (χ3v) is 4.46. The summed E-state index contributed by atoms with van der Waals surface area (Å²) in [5.74, 6) is 3.58. The third-order valence-electron chi connectivity index (χ3n) is 4.46. The molecule has 68 valence electrons. The van der Waals surface area contributed by atoms with E-state index >= 15 is 0 Å². The molecule has 2 heteroatoms. The van der Waals surface area contributed by atoms with Crippen molar-refractivity contribution in [1.29, 1.82) is 5.26 Å². The number of carbonyl (C=O) groups is 1. The summed E-state index contributed by atoms with van der Waals surface area (Å²) < 4.78 is 0. The molecule has 0 aromatic heterocycles. The Balaban J connectivity index is 1.85. The van der Waals surface area contributed by atoms with E-state index in [0.29, 0.717) is 35.4 Å². The summed E-state index contributed by atoms with van der Waals surface area (Å²) in [5.41, 5.74) is 0. The molecule has 0 saturated heterocycles. The first-order valence-electron chi connectivity index (χ1n) is 5.14. The Hall–Kier alpha value is -0.840. The van der Waals surface area contributed by atoms with Crippen LogP contribution in [0.5, 0.6) is 0 Å². The average Bonchev–Trinajstić information content (AvgIpc) is 2.61. The molecule has 0 N–H and O–H groups in total. The molecular weight excluding hydrogens is 162 g/mol. The van der Waals surface area contributed by atoms with Crippen LogP contribution in [0.4, 0.5) is 0 Å². The fraction of sp³-hybridized carbons (Fsp3) is 0.818. The number of ketones is 1. The minimum absolute atomic E-state index is 0.274. The molecule has 0 aromatic rings. The molecule has 2 bridgehead atoms. The van der Waals surface area contributed by atoms with E-state index in [1.165, 1.54) is 6.42 Å². The first-order chi connectivity index (χ1) is 6.24. The smallest absolute Gasteiger partial charge is 0.133 e. The molecule has 6 atom stereocenters. The van der Waals surface area contributed by atoms with E-state index in [1.807, 2.05) is 0 Å². The van der Waals surface area contributed by atoms with Gasteiger partial charge in [0.2, 0.25) is 0 Å². The molecule has 2 nitrogen and oxygen atoms in total. The fourth-order valence-electron chi connectivity index (χ4n) is 4.06. The molecule has 0 aromatic carbocycles. The average molecular weight is 175 g/mol. The van der Waals surface area contributed by atoms with Crippen LogP contribution >= 0.6 is 0 Å². The second-order valence-corrected chi connectivity index (χ2v) is 4.92. The van der Waals surface area contributed by atoms with Crippen molar-refractivity contribution in [3.05, 3.63) is 0 Å². The quantitative estimate of drug-likeness (QED) is 0.607. The van der Waals surface area contributed by atoms with Gasteiger partial charge in [-0.2, -0.15) is 5.26 Å². The molecule has 3 aliphatic carbocycles. The summed E-state index contributed by atoms with van der Waals surface area (Å²) in [4.78, 5) is 11.3. The summed E-state index contributed by atoms with van der Waals surface area (Å²) in [6.07, 6.45) is 2.31. The molecule has 0 spiro atoms. The van der Waals surface area contributed by atoms with Crippen LogP contribution in [-0.4, -0.2) is 5.78 Å². The number of hydrogen-bond acceptors (Lipinski definition) is 2. The SMILES string of the molecule is CC(=O)[C@H]1C2C1[C@@H]1C[C@H]2C[C@H]1C#N. The number of Topliss-reactive ketones (excluding diaryl/α,β-unsaturated/α-hetero) is 1. The highest BCUT2D eigenvalue weighted by Crippen LogP contribution is 2.70. The van der Waals surface area contributed by atoms with Crippen molar-refractivity contribution in [2.75, 3.05) is 0 Å². The summed E-state index contributed by atoms with van der Waals surface area (Å²) in [7, 11) is 0. The van der Waals surface area contributed by atoms with Crippen LogP contribution in [0.25, 0.3) is 0 Å². The number of nitriles is 1. The van der Waals surface area contributed by atoms with E-state index in [2.05, 4.69) is 6.07 Å². The first kappa shape index (κ1) is 7.55. The minimum Gasteiger partial charge on any atom is -0.300 e.